The Labute approximate surface area is 106 Å². The fraction of sp³-hybridized carbons (Fsp3) is 1.00. The molecule has 1 aliphatic heterocycles. The summed E-state index contributed by atoms with van der Waals surface area (Å²) in [6.45, 7) is 3.09. The van der Waals surface area contributed by atoms with Gasteiger partial charge in [0, 0.05) is 13.1 Å². The highest BCUT2D eigenvalue weighted by molar-refractivity contribution is 7.90. The zero-order valence-corrected chi connectivity index (χ0v) is 11.3. The van der Waals surface area contributed by atoms with Crippen LogP contribution in [0.5, 0.6) is 0 Å². The van der Waals surface area contributed by atoms with E-state index in [1.54, 1.807) is 13.8 Å². The molecule has 1 unspecified atom stereocenters. The van der Waals surface area contributed by atoms with Gasteiger partial charge in [-0.3, -0.25) is 4.90 Å². The molecule has 0 saturated carbocycles. The molecule has 0 spiro atoms. The zero-order chi connectivity index (χ0) is 14.0. The van der Waals surface area contributed by atoms with Gasteiger partial charge in [-0.15, -0.1) is 0 Å². The number of likely N-dealkylation sites (tertiary alicyclic amines) is 1. The predicted octanol–water partition coefficient (Wildman–Crippen LogP) is 1.20. The number of halogens is 3. The van der Waals surface area contributed by atoms with Crippen molar-refractivity contribution in [2.24, 2.45) is 5.92 Å². The summed E-state index contributed by atoms with van der Waals surface area (Å²) < 4.78 is 61.9. The Morgan fingerprint density at radius 3 is 2.50 bits per heavy atom. The van der Waals surface area contributed by atoms with Crippen molar-refractivity contribution >= 4 is 10.0 Å². The summed E-state index contributed by atoms with van der Waals surface area (Å²) >= 11 is 0. The second-order valence-electron chi connectivity index (χ2n) is 4.95. The first-order chi connectivity index (χ1) is 8.10. The minimum absolute atomic E-state index is 0.0409. The molecular formula is C10H19F3N2O2S. The van der Waals surface area contributed by atoms with Gasteiger partial charge < -0.3 is 0 Å². The van der Waals surface area contributed by atoms with Crippen molar-refractivity contribution in [3.05, 3.63) is 0 Å². The van der Waals surface area contributed by atoms with E-state index in [-0.39, 0.29) is 12.5 Å². The maximum Gasteiger partial charge on any atom is 0.401 e. The van der Waals surface area contributed by atoms with E-state index < -0.39 is 28.0 Å². The summed E-state index contributed by atoms with van der Waals surface area (Å²) in [4.78, 5) is 1.31. The van der Waals surface area contributed by atoms with Crippen molar-refractivity contribution in [3.8, 4) is 0 Å². The molecule has 18 heavy (non-hydrogen) atoms. The van der Waals surface area contributed by atoms with Crippen molar-refractivity contribution in [1.82, 2.24) is 9.62 Å². The molecule has 1 N–H and O–H groups in total. The SMILES string of the molecule is CC(C)S(=O)(=O)NCC1CCN(CC(F)(F)F)C1. The first-order valence-corrected chi connectivity index (χ1v) is 7.42. The largest absolute Gasteiger partial charge is 0.401 e. The van der Waals surface area contributed by atoms with E-state index in [0.717, 1.165) is 0 Å². The minimum Gasteiger partial charge on any atom is -0.295 e. The van der Waals surface area contributed by atoms with Gasteiger partial charge in [0.1, 0.15) is 0 Å². The Hall–Kier alpha value is -0.340. The average Bonchev–Trinajstić information content (AvgIpc) is 2.60. The molecule has 0 amide bonds. The molecule has 0 aromatic heterocycles. The third kappa shape index (κ3) is 5.11. The lowest BCUT2D eigenvalue weighted by molar-refractivity contribution is -0.143. The van der Waals surface area contributed by atoms with Crippen LogP contribution in [-0.4, -0.2) is 50.9 Å². The lowest BCUT2D eigenvalue weighted by Gasteiger charge is -2.18. The number of nitrogens with one attached hydrogen (secondary N) is 1. The molecule has 1 aliphatic rings. The van der Waals surface area contributed by atoms with Gasteiger partial charge in [-0.25, -0.2) is 13.1 Å². The van der Waals surface area contributed by atoms with Crippen LogP contribution in [0.1, 0.15) is 20.3 Å². The van der Waals surface area contributed by atoms with E-state index in [4.69, 9.17) is 0 Å². The van der Waals surface area contributed by atoms with E-state index >= 15 is 0 Å². The summed E-state index contributed by atoms with van der Waals surface area (Å²) in [5.41, 5.74) is 0. The van der Waals surface area contributed by atoms with Gasteiger partial charge in [0.2, 0.25) is 10.0 Å². The van der Waals surface area contributed by atoms with Gasteiger partial charge in [-0.2, -0.15) is 13.2 Å². The van der Waals surface area contributed by atoms with Gasteiger partial charge >= 0.3 is 6.18 Å². The number of sulfonamides is 1. The maximum atomic E-state index is 12.2. The van der Waals surface area contributed by atoms with Crippen molar-refractivity contribution in [2.75, 3.05) is 26.2 Å². The Kier molecular flexibility index (Phi) is 5.02. The molecule has 4 nitrogen and oxygen atoms in total. The van der Waals surface area contributed by atoms with E-state index in [9.17, 15) is 21.6 Å². The van der Waals surface area contributed by atoms with Crippen molar-refractivity contribution < 1.29 is 21.6 Å². The van der Waals surface area contributed by atoms with Crippen LogP contribution in [0.3, 0.4) is 0 Å². The summed E-state index contributed by atoms with van der Waals surface area (Å²) in [5.74, 6) is -0.0409. The number of rotatable bonds is 5. The summed E-state index contributed by atoms with van der Waals surface area (Å²) in [6, 6.07) is 0. The smallest absolute Gasteiger partial charge is 0.295 e. The van der Waals surface area contributed by atoms with Gasteiger partial charge in [0.15, 0.2) is 0 Å². The molecule has 1 atom stereocenters. The molecule has 0 radical (unpaired) electrons. The lowest BCUT2D eigenvalue weighted by atomic mass is 10.1. The quantitative estimate of drug-likeness (QED) is 0.827. The Bertz CT molecular complexity index is 368. The second kappa shape index (κ2) is 5.75. The van der Waals surface area contributed by atoms with Crippen LogP contribution in [0.15, 0.2) is 0 Å². The monoisotopic (exact) mass is 288 g/mol. The van der Waals surface area contributed by atoms with Crippen molar-refractivity contribution in [1.29, 1.82) is 0 Å². The fourth-order valence-electron chi connectivity index (χ4n) is 1.88. The van der Waals surface area contributed by atoms with Gasteiger partial charge in [-0.1, -0.05) is 0 Å². The molecule has 108 valence electrons. The summed E-state index contributed by atoms with van der Waals surface area (Å²) in [6.07, 6.45) is -3.59. The molecule has 8 heteroatoms. The molecule has 1 saturated heterocycles. The first-order valence-electron chi connectivity index (χ1n) is 5.88. The molecule has 1 fully saturated rings. The third-order valence-corrected chi connectivity index (χ3v) is 4.78. The van der Waals surface area contributed by atoms with Crippen LogP contribution >= 0.6 is 0 Å². The minimum atomic E-state index is -4.19. The summed E-state index contributed by atoms with van der Waals surface area (Å²) in [7, 11) is -3.33. The van der Waals surface area contributed by atoms with Crippen molar-refractivity contribution in [3.63, 3.8) is 0 Å². The standard InChI is InChI=1S/C10H19F3N2O2S/c1-8(2)18(16,17)14-5-9-3-4-15(6-9)7-10(11,12)13/h8-9,14H,3-7H2,1-2H3. The number of nitrogens with zero attached hydrogens (tertiary/aromatic N) is 1. The predicted molar refractivity (Wildman–Crippen MR) is 62.7 cm³/mol. The molecule has 0 bridgehead atoms. The average molecular weight is 288 g/mol. The molecule has 1 rings (SSSR count). The van der Waals surface area contributed by atoms with Crippen LogP contribution in [0.4, 0.5) is 13.2 Å². The Balaban J connectivity index is 2.36. The van der Waals surface area contributed by atoms with Gasteiger partial charge in [0.25, 0.3) is 0 Å². The molecule has 0 aromatic carbocycles. The lowest BCUT2D eigenvalue weighted by Crippen LogP contribution is -2.36. The van der Waals surface area contributed by atoms with Crippen LogP contribution in [-0.2, 0) is 10.0 Å². The highest BCUT2D eigenvalue weighted by Gasteiger charge is 2.34. The van der Waals surface area contributed by atoms with E-state index in [2.05, 4.69) is 4.72 Å². The number of alkyl halides is 3. The maximum absolute atomic E-state index is 12.2. The Morgan fingerprint density at radius 1 is 1.39 bits per heavy atom. The van der Waals surface area contributed by atoms with E-state index in [1.165, 1.54) is 4.90 Å². The van der Waals surface area contributed by atoms with Crippen LogP contribution in [0.2, 0.25) is 0 Å². The highest BCUT2D eigenvalue weighted by Crippen LogP contribution is 2.22. The van der Waals surface area contributed by atoms with Crippen LogP contribution in [0.25, 0.3) is 0 Å². The van der Waals surface area contributed by atoms with Crippen LogP contribution in [0, 0.1) is 5.92 Å². The highest BCUT2D eigenvalue weighted by atomic mass is 32.2. The van der Waals surface area contributed by atoms with Gasteiger partial charge in [-0.05, 0) is 32.7 Å². The normalized spacial score (nSPS) is 22.9. The molecule has 0 aromatic rings. The fourth-order valence-corrected chi connectivity index (χ4v) is 2.68. The van der Waals surface area contributed by atoms with E-state index in [1.807, 2.05) is 0 Å². The number of hydrogen-bond donors (Lipinski definition) is 1. The second-order valence-corrected chi connectivity index (χ2v) is 7.27. The first kappa shape index (κ1) is 15.7. The van der Waals surface area contributed by atoms with Crippen LogP contribution < -0.4 is 4.72 Å². The topological polar surface area (TPSA) is 49.4 Å². The molecule has 0 aliphatic carbocycles. The third-order valence-electron chi connectivity index (χ3n) is 2.97. The summed E-state index contributed by atoms with van der Waals surface area (Å²) in [5, 5.41) is -0.523. The molecular weight excluding hydrogens is 269 g/mol. The van der Waals surface area contributed by atoms with E-state index in [0.29, 0.717) is 19.5 Å². The molecule has 1 heterocycles. The number of hydrogen-bond acceptors (Lipinski definition) is 3. The zero-order valence-electron chi connectivity index (χ0n) is 10.5. The Morgan fingerprint density at radius 2 is 2.00 bits per heavy atom. The van der Waals surface area contributed by atoms with Crippen molar-refractivity contribution in [2.45, 2.75) is 31.7 Å². The van der Waals surface area contributed by atoms with Gasteiger partial charge in [0.05, 0.1) is 11.8 Å².